The van der Waals surface area contributed by atoms with Crippen LogP contribution in [0.3, 0.4) is 0 Å². The van der Waals surface area contributed by atoms with Gasteiger partial charge in [0, 0.05) is 18.0 Å². The monoisotopic (exact) mass is 402 g/mol. The molecule has 1 unspecified atom stereocenters. The summed E-state index contributed by atoms with van der Waals surface area (Å²) < 4.78 is 20.5. The summed E-state index contributed by atoms with van der Waals surface area (Å²) in [6, 6.07) is 16.8. The number of rotatable bonds is 13. The van der Waals surface area contributed by atoms with Crippen LogP contribution in [-0.4, -0.2) is 46.6 Å². The summed E-state index contributed by atoms with van der Waals surface area (Å²) in [7, 11) is 1.92. The lowest BCUT2D eigenvalue weighted by molar-refractivity contribution is 0.0516. The van der Waals surface area contributed by atoms with Crippen molar-refractivity contribution in [1.29, 1.82) is 0 Å². The summed E-state index contributed by atoms with van der Waals surface area (Å²) in [4.78, 5) is 1.16. The van der Waals surface area contributed by atoms with E-state index < -0.39 is 0 Å². The van der Waals surface area contributed by atoms with Crippen LogP contribution in [0.2, 0.25) is 0 Å². The van der Waals surface area contributed by atoms with Crippen LogP contribution in [0.25, 0.3) is 0 Å². The van der Waals surface area contributed by atoms with E-state index in [4.69, 9.17) is 14.2 Å². The molecule has 1 atom stereocenters. The Hall–Kier alpha value is -1.57. The first-order chi connectivity index (χ1) is 13.9. The number of likely N-dealkylation sites (N-methyl/N-ethyl adjacent to an activating group) is 1. The van der Waals surface area contributed by atoms with Gasteiger partial charge in [0.25, 0.3) is 0 Å². The third-order valence-electron chi connectivity index (χ3n) is 4.59. The number of hydrogen-bond acceptors (Lipinski definition) is 6. The van der Waals surface area contributed by atoms with Gasteiger partial charge in [0.05, 0.1) is 26.4 Å². The van der Waals surface area contributed by atoms with Gasteiger partial charge in [-0.15, -0.1) is 0 Å². The molecular formula is C22H30N2O3S. The molecule has 0 aromatic heterocycles. The first kappa shape index (κ1) is 21.1. The molecule has 152 valence electrons. The van der Waals surface area contributed by atoms with Gasteiger partial charge in [0.1, 0.15) is 11.9 Å². The molecule has 0 heterocycles. The second kappa shape index (κ2) is 12.1. The zero-order chi connectivity index (χ0) is 19.4. The summed E-state index contributed by atoms with van der Waals surface area (Å²) in [6.45, 7) is 4.33. The minimum atomic E-state index is 0.173. The Labute approximate surface area is 172 Å². The molecule has 5 nitrogen and oxygen atoms in total. The number of fused-ring (bicyclic) bond motifs is 1. The normalized spacial score (nSPS) is 15.5. The summed E-state index contributed by atoms with van der Waals surface area (Å²) in [5, 5.41) is 3.04. The van der Waals surface area contributed by atoms with Crippen molar-refractivity contribution in [3.8, 4) is 5.75 Å². The van der Waals surface area contributed by atoms with Crippen molar-refractivity contribution in [2.24, 2.45) is 0 Å². The third-order valence-corrected chi connectivity index (χ3v) is 5.44. The smallest absolute Gasteiger partial charge is 0.124 e. The van der Waals surface area contributed by atoms with Crippen molar-refractivity contribution in [2.45, 2.75) is 23.8 Å². The lowest BCUT2D eigenvalue weighted by Gasteiger charge is -2.15. The van der Waals surface area contributed by atoms with E-state index in [9.17, 15) is 0 Å². The number of hydrogen-bond donors (Lipinski definition) is 2. The highest BCUT2D eigenvalue weighted by Crippen LogP contribution is 2.35. The number of aryl methyl sites for hydroxylation is 1. The highest BCUT2D eigenvalue weighted by molar-refractivity contribution is 7.97. The Morgan fingerprint density at radius 1 is 0.929 bits per heavy atom. The predicted octanol–water partition coefficient (Wildman–Crippen LogP) is 3.60. The van der Waals surface area contributed by atoms with E-state index in [1.807, 2.05) is 19.2 Å². The van der Waals surface area contributed by atoms with E-state index in [1.165, 1.54) is 11.1 Å². The molecule has 0 amide bonds. The van der Waals surface area contributed by atoms with Crippen molar-refractivity contribution in [2.75, 3.05) is 46.6 Å². The van der Waals surface area contributed by atoms with Crippen LogP contribution in [0.1, 0.15) is 23.7 Å². The maximum atomic E-state index is 6.20. The van der Waals surface area contributed by atoms with Gasteiger partial charge in [-0.3, -0.25) is 4.72 Å². The molecule has 28 heavy (non-hydrogen) atoms. The predicted molar refractivity (Wildman–Crippen MR) is 114 cm³/mol. The molecule has 2 N–H and O–H groups in total. The Balaban J connectivity index is 1.29. The van der Waals surface area contributed by atoms with Crippen molar-refractivity contribution < 1.29 is 14.2 Å². The van der Waals surface area contributed by atoms with E-state index in [-0.39, 0.29) is 6.10 Å². The Morgan fingerprint density at radius 2 is 1.68 bits per heavy atom. The molecule has 0 bridgehead atoms. The fraction of sp³-hybridized carbons (Fsp3) is 0.455. The van der Waals surface area contributed by atoms with Crippen LogP contribution in [0.15, 0.2) is 53.4 Å². The molecule has 6 heteroatoms. The van der Waals surface area contributed by atoms with E-state index in [1.54, 1.807) is 11.9 Å². The van der Waals surface area contributed by atoms with Crippen molar-refractivity contribution in [1.82, 2.24) is 10.0 Å². The topological polar surface area (TPSA) is 51.8 Å². The molecule has 1 aliphatic carbocycles. The fourth-order valence-corrected chi connectivity index (χ4v) is 3.76. The number of benzene rings is 2. The van der Waals surface area contributed by atoms with Crippen molar-refractivity contribution >= 4 is 11.9 Å². The van der Waals surface area contributed by atoms with Crippen LogP contribution in [-0.2, 0) is 15.9 Å². The summed E-state index contributed by atoms with van der Waals surface area (Å²) in [5.41, 5.74) is 2.74. The summed E-state index contributed by atoms with van der Waals surface area (Å²) >= 11 is 1.61. The van der Waals surface area contributed by atoms with Gasteiger partial charge in [-0.1, -0.05) is 24.3 Å². The zero-order valence-electron chi connectivity index (χ0n) is 16.5. The van der Waals surface area contributed by atoms with Gasteiger partial charge in [0.2, 0.25) is 0 Å². The van der Waals surface area contributed by atoms with Crippen molar-refractivity contribution in [3.63, 3.8) is 0 Å². The Bertz CT molecular complexity index is 696. The first-order valence-electron chi connectivity index (χ1n) is 9.91. The molecule has 0 aliphatic heterocycles. The van der Waals surface area contributed by atoms with Gasteiger partial charge in [-0.05, 0) is 67.2 Å². The molecule has 0 spiro atoms. The average molecular weight is 403 g/mol. The number of ether oxygens (including phenoxy) is 3. The summed E-state index contributed by atoms with van der Waals surface area (Å²) in [5.74, 6) is 0.924. The fourth-order valence-electron chi connectivity index (χ4n) is 3.14. The van der Waals surface area contributed by atoms with Gasteiger partial charge >= 0.3 is 0 Å². The summed E-state index contributed by atoms with van der Waals surface area (Å²) in [6.07, 6.45) is 2.33. The van der Waals surface area contributed by atoms with Gasteiger partial charge in [0.15, 0.2) is 0 Å². The first-order valence-corrected chi connectivity index (χ1v) is 10.7. The largest absolute Gasteiger partial charge is 0.486 e. The second-order valence-electron chi connectivity index (χ2n) is 6.64. The molecular weight excluding hydrogens is 372 g/mol. The molecule has 2 aromatic rings. The van der Waals surface area contributed by atoms with Crippen LogP contribution >= 0.6 is 11.9 Å². The van der Waals surface area contributed by atoms with E-state index in [2.05, 4.69) is 46.4 Å². The minimum absolute atomic E-state index is 0.173. The SMILES string of the molecule is CNCCOCCOCCNSc1ccc(OC2CCc3ccccc32)cc1. The maximum Gasteiger partial charge on any atom is 0.124 e. The van der Waals surface area contributed by atoms with Crippen LogP contribution in [0.4, 0.5) is 0 Å². The maximum absolute atomic E-state index is 6.20. The zero-order valence-corrected chi connectivity index (χ0v) is 17.3. The standard InChI is InChI=1S/C22H30N2O3S/c1-23-12-14-25-16-17-26-15-13-24-28-20-9-7-19(8-10-20)27-22-11-6-18-4-2-3-5-21(18)22/h2-5,7-10,22-24H,6,11-17H2,1H3. The highest BCUT2D eigenvalue weighted by atomic mass is 32.2. The molecule has 0 radical (unpaired) electrons. The van der Waals surface area contributed by atoms with Crippen molar-refractivity contribution in [3.05, 3.63) is 59.7 Å². The molecule has 1 aliphatic rings. The second-order valence-corrected chi connectivity index (χ2v) is 7.60. The average Bonchev–Trinajstić information content (AvgIpc) is 3.13. The van der Waals surface area contributed by atoms with E-state index >= 15 is 0 Å². The van der Waals surface area contributed by atoms with E-state index in [0.717, 1.165) is 43.2 Å². The quantitative estimate of drug-likeness (QED) is 0.394. The Morgan fingerprint density at radius 3 is 2.46 bits per heavy atom. The van der Waals surface area contributed by atoms with E-state index in [0.29, 0.717) is 19.8 Å². The van der Waals surface area contributed by atoms with Gasteiger partial charge in [-0.25, -0.2) is 0 Å². The van der Waals surface area contributed by atoms with Crippen LogP contribution in [0, 0.1) is 0 Å². The molecule has 0 saturated carbocycles. The molecule has 0 saturated heterocycles. The van der Waals surface area contributed by atoms with Gasteiger partial charge < -0.3 is 19.5 Å². The van der Waals surface area contributed by atoms with Gasteiger partial charge in [-0.2, -0.15) is 0 Å². The Kier molecular flexibility index (Phi) is 9.13. The lowest BCUT2D eigenvalue weighted by atomic mass is 10.1. The number of nitrogens with one attached hydrogen (secondary N) is 2. The third kappa shape index (κ3) is 6.79. The molecule has 0 fully saturated rings. The van der Waals surface area contributed by atoms with Crippen LogP contribution in [0.5, 0.6) is 5.75 Å². The molecule has 3 rings (SSSR count). The lowest BCUT2D eigenvalue weighted by Crippen LogP contribution is -2.18. The molecule has 2 aromatic carbocycles. The van der Waals surface area contributed by atoms with Crippen LogP contribution < -0.4 is 14.8 Å². The minimum Gasteiger partial charge on any atom is -0.486 e. The highest BCUT2D eigenvalue weighted by Gasteiger charge is 2.23.